The summed E-state index contributed by atoms with van der Waals surface area (Å²) in [5, 5.41) is 2.31. The second kappa shape index (κ2) is 7.08. The summed E-state index contributed by atoms with van der Waals surface area (Å²) in [6.07, 6.45) is 5.87. The Balaban J connectivity index is 1.64. The molecule has 1 atom stereocenters. The molecular weight excluding hydrogens is 322 g/mol. The summed E-state index contributed by atoms with van der Waals surface area (Å²) >= 11 is 0. The predicted octanol–water partition coefficient (Wildman–Crippen LogP) is 0.0910. The van der Waals surface area contributed by atoms with Gasteiger partial charge in [-0.25, -0.2) is 4.79 Å². The van der Waals surface area contributed by atoms with Gasteiger partial charge in [-0.05, 0) is 30.9 Å². The Bertz CT molecular complexity index is 666. The van der Waals surface area contributed by atoms with E-state index >= 15 is 0 Å². The van der Waals surface area contributed by atoms with E-state index in [1.165, 1.54) is 0 Å². The number of hydrogen-bond acceptors (Lipinski definition) is 4. The Labute approximate surface area is 146 Å². The number of pyridine rings is 1. The average Bonchev–Trinajstić information content (AvgIpc) is 3.03. The van der Waals surface area contributed by atoms with E-state index < -0.39 is 11.4 Å². The summed E-state index contributed by atoms with van der Waals surface area (Å²) in [5.41, 5.74) is 5.51. The number of nitrogens with one attached hydrogen (secondary N) is 1. The van der Waals surface area contributed by atoms with Gasteiger partial charge in [-0.1, -0.05) is 6.07 Å². The summed E-state index contributed by atoms with van der Waals surface area (Å²) in [5.74, 6) is -0.0892. The van der Waals surface area contributed by atoms with E-state index in [9.17, 15) is 14.4 Å². The van der Waals surface area contributed by atoms with Gasteiger partial charge in [-0.2, -0.15) is 0 Å². The molecule has 25 heavy (non-hydrogen) atoms. The van der Waals surface area contributed by atoms with Gasteiger partial charge >= 0.3 is 6.03 Å². The number of aromatic nitrogens is 1. The van der Waals surface area contributed by atoms with Crippen LogP contribution in [-0.4, -0.2) is 58.8 Å². The smallest absolute Gasteiger partial charge is 0.312 e. The summed E-state index contributed by atoms with van der Waals surface area (Å²) in [4.78, 5) is 43.6. The minimum atomic E-state index is -0.723. The second-order valence-electron chi connectivity index (χ2n) is 6.75. The first-order valence-electron chi connectivity index (χ1n) is 8.49. The first-order valence-corrected chi connectivity index (χ1v) is 8.49. The van der Waals surface area contributed by atoms with Crippen LogP contribution in [0.5, 0.6) is 0 Å². The highest BCUT2D eigenvalue weighted by Crippen LogP contribution is 2.40. The van der Waals surface area contributed by atoms with Crippen molar-refractivity contribution in [3.05, 3.63) is 30.1 Å². The summed E-state index contributed by atoms with van der Waals surface area (Å²) in [6, 6.07) is 3.10. The van der Waals surface area contributed by atoms with Gasteiger partial charge < -0.3 is 20.9 Å². The minimum absolute atomic E-state index is 0.112. The molecule has 1 spiro atoms. The van der Waals surface area contributed by atoms with Crippen LogP contribution in [0.25, 0.3) is 0 Å². The van der Waals surface area contributed by atoms with Crippen LogP contribution >= 0.6 is 0 Å². The van der Waals surface area contributed by atoms with E-state index in [1.54, 1.807) is 17.3 Å². The van der Waals surface area contributed by atoms with Gasteiger partial charge in [0.25, 0.3) is 0 Å². The second-order valence-corrected chi connectivity index (χ2v) is 6.75. The minimum Gasteiger partial charge on any atom is -0.352 e. The molecule has 3 rings (SSSR count). The highest BCUT2D eigenvalue weighted by atomic mass is 16.2. The molecule has 1 aromatic rings. The number of nitrogens with two attached hydrogens (primary N) is 1. The maximum absolute atomic E-state index is 13.1. The Morgan fingerprint density at radius 3 is 2.88 bits per heavy atom. The van der Waals surface area contributed by atoms with Crippen molar-refractivity contribution in [2.45, 2.75) is 25.8 Å². The predicted molar refractivity (Wildman–Crippen MR) is 90.1 cm³/mol. The summed E-state index contributed by atoms with van der Waals surface area (Å²) < 4.78 is 0. The molecule has 0 radical (unpaired) electrons. The molecule has 8 heteroatoms. The Morgan fingerprint density at radius 2 is 2.16 bits per heavy atom. The fourth-order valence-corrected chi connectivity index (χ4v) is 3.75. The number of carbonyl (C=O) groups excluding carboxylic acids is 3. The highest BCUT2D eigenvalue weighted by molar-refractivity contribution is 5.87. The van der Waals surface area contributed by atoms with Gasteiger partial charge in [0.05, 0.1) is 12.0 Å². The maximum atomic E-state index is 13.1. The molecule has 0 aromatic carbocycles. The van der Waals surface area contributed by atoms with Crippen LogP contribution in [-0.2, 0) is 16.1 Å². The molecule has 0 saturated carbocycles. The van der Waals surface area contributed by atoms with Crippen LogP contribution in [0.1, 0.15) is 24.8 Å². The number of likely N-dealkylation sites (tertiary alicyclic amines) is 2. The first-order chi connectivity index (χ1) is 12.0. The number of carbonyl (C=O) groups is 3. The molecule has 134 valence electrons. The Kier molecular flexibility index (Phi) is 4.87. The zero-order valence-corrected chi connectivity index (χ0v) is 14.1. The van der Waals surface area contributed by atoms with E-state index in [0.717, 1.165) is 24.9 Å². The van der Waals surface area contributed by atoms with E-state index in [-0.39, 0.29) is 18.4 Å². The molecule has 2 aliphatic rings. The largest absolute Gasteiger partial charge is 0.352 e. The molecule has 1 aromatic heterocycles. The summed E-state index contributed by atoms with van der Waals surface area (Å²) in [6.45, 7) is 2.09. The van der Waals surface area contributed by atoms with E-state index in [2.05, 4.69) is 10.3 Å². The molecule has 3 heterocycles. The van der Waals surface area contributed by atoms with Crippen LogP contribution in [0.3, 0.4) is 0 Å². The molecule has 0 unspecified atom stereocenters. The monoisotopic (exact) mass is 345 g/mol. The van der Waals surface area contributed by atoms with Crippen molar-refractivity contribution in [2.24, 2.45) is 11.1 Å². The Hall–Kier alpha value is -2.64. The number of nitrogens with zero attached hydrogens (tertiary/aromatic N) is 3. The van der Waals surface area contributed by atoms with E-state index in [0.29, 0.717) is 26.1 Å². The number of primary amides is 1. The van der Waals surface area contributed by atoms with Crippen molar-refractivity contribution < 1.29 is 14.4 Å². The lowest BCUT2D eigenvalue weighted by atomic mass is 9.78. The third-order valence-electron chi connectivity index (χ3n) is 5.04. The topological polar surface area (TPSA) is 109 Å². The lowest BCUT2D eigenvalue weighted by Gasteiger charge is -2.39. The zero-order valence-electron chi connectivity index (χ0n) is 14.1. The van der Waals surface area contributed by atoms with E-state index in [1.807, 2.05) is 17.0 Å². The molecule has 0 bridgehead atoms. The third kappa shape index (κ3) is 3.72. The average molecular weight is 345 g/mol. The van der Waals surface area contributed by atoms with Gasteiger partial charge in [-0.15, -0.1) is 0 Å². The normalized spacial score (nSPS) is 23.1. The lowest BCUT2D eigenvalue weighted by Crippen LogP contribution is -2.50. The van der Waals surface area contributed by atoms with Crippen molar-refractivity contribution in [2.75, 3.05) is 26.2 Å². The third-order valence-corrected chi connectivity index (χ3v) is 5.04. The highest BCUT2D eigenvalue weighted by Gasteiger charge is 2.49. The van der Waals surface area contributed by atoms with Crippen LogP contribution in [0.2, 0.25) is 0 Å². The number of piperidine rings is 1. The number of hydrogen-bond donors (Lipinski definition) is 2. The van der Waals surface area contributed by atoms with Crippen molar-refractivity contribution in [1.82, 2.24) is 20.1 Å². The quantitative estimate of drug-likeness (QED) is 0.806. The van der Waals surface area contributed by atoms with Gasteiger partial charge in [0, 0.05) is 38.6 Å². The SMILES string of the molecule is NC(=O)NCC(=O)N1CC[C@]2(CCCN(Cc3cccnc3)C2=O)C1. The zero-order chi connectivity index (χ0) is 17.9. The fourth-order valence-electron chi connectivity index (χ4n) is 3.75. The molecule has 3 N–H and O–H groups in total. The molecule has 8 nitrogen and oxygen atoms in total. The molecular formula is C17H23N5O3. The fraction of sp³-hybridized carbons (Fsp3) is 0.529. The molecule has 2 saturated heterocycles. The van der Waals surface area contributed by atoms with Gasteiger partial charge in [0.15, 0.2) is 0 Å². The standard InChI is InChI=1S/C17H23N5O3/c18-16(25)20-10-14(23)22-8-5-17(12-22)4-2-7-21(15(17)24)11-13-3-1-6-19-9-13/h1,3,6,9H,2,4-5,7-8,10-12H2,(H3,18,20,25)/t17-/m1/s1. The number of amides is 4. The van der Waals surface area contributed by atoms with Gasteiger partial charge in [0.2, 0.25) is 11.8 Å². The lowest BCUT2D eigenvalue weighted by molar-refractivity contribution is -0.146. The Morgan fingerprint density at radius 1 is 1.32 bits per heavy atom. The van der Waals surface area contributed by atoms with Crippen LogP contribution in [0.15, 0.2) is 24.5 Å². The number of rotatable bonds is 4. The number of urea groups is 1. The van der Waals surface area contributed by atoms with E-state index in [4.69, 9.17) is 5.73 Å². The first kappa shape index (κ1) is 17.2. The van der Waals surface area contributed by atoms with Gasteiger partial charge in [-0.3, -0.25) is 14.6 Å². The molecule has 4 amide bonds. The van der Waals surface area contributed by atoms with Crippen molar-refractivity contribution in [1.29, 1.82) is 0 Å². The van der Waals surface area contributed by atoms with Crippen molar-refractivity contribution in [3.8, 4) is 0 Å². The van der Waals surface area contributed by atoms with Gasteiger partial charge in [0.1, 0.15) is 0 Å². The molecule has 2 fully saturated rings. The van der Waals surface area contributed by atoms with Crippen LogP contribution in [0, 0.1) is 5.41 Å². The van der Waals surface area contributed by atoms with Crippen LogP contribution < -0.4 is 11.1 Å². The van der Waals surface area contributed by atoms with Crippen molar-refractivity contribution >= 4 is 17.8 Å². The van der Waals surface area contributed by atoms with Crippen LogP contribution in [0.4, 0.5) is 4.79 Å². The molecule has 2 aliphatic heterocycles. The molecule has 0 aliphatic carbocycles. The maximum Gasteiger partial charge on any atom is 0.312 e. The summed E-state index contributed by atoms with van der Waals surface area (Å²) in [7, 11) is 0. The van der Waals surface area contributed by atoms with Crippen molar-refractivity contribution in [3.63, 3.8) is 0 Å².